The van der Waals surface area contributed by atoms with Gasteiger partial charge in [0.05, 0.1) is 0 Å². The Hall–Kier alpha value is -0.920. The lowest BCUT2D eigenvalue weighted by Gasteiger charge is -1.91. The minimum absolute atomic E-state index is 0.0614. The maximum Gasteiger partial charge on any atom is 0.155 e. The molecule has 0 amide bonds. The van der Waals surface area contributed by atoms with Crippen LogP contribution in [0.4, 0.5) is 0 Å². The number of carbonyl (C=O) groups is 2. The first kappa shape index (κ1) is 12.1. The highest BCUT2D eigenvalue weighted by Gasteiger charge is 1.98. The molecule has 0 unspecified atom stereocenters. The minimum atomic E-state index is 0.0614. The van der Waals surface area contributed by atoms with Gasteiger partial charge in [0.1, 0.15) is 5.78 Å². The zero-order valence-electron chi connectivity index (χ0n) is 8.51. The van der Waals surface area contributed by atoms with Gasteiger partial charge in [0.2, 0.25) is 0 Å². The van der Waals surface area contributed by atoms with Crippen LogP contribution in [0.1, 0.15) is 46.0 Å². The molecular weight excluding hydrogens is 164 g/mol. The number of unbranched alkanes of at least 4 members (excludes halogenated alkanes) is 2. The third-order valence-electron chi connectivity index (χ3n) is 1.75. The molecule has 0 aliphatic heterocycles. The Morgan fingerprint density at radius 1 is 1.23 bits per heavy atom. The summed E-state index contributed by atoms with van der Waals surface area (Å²) in [7, 11) is 0. The standard InChI is InChI=1S/C11H18O2/c1-3-4-5-6-7-11(13)9-8-10(2)12/h6-7H,3-5,8-9H2,1-2H3/b7-6+. The molecule has 0 radical (unpaired) electrons. The van der Waals surface area contributed by atoms with Crippen molar-refractivity contribution in [3.63, 3.8) is 0 Å². The molecule has 0 aromatic rings. The van der Waals surface area contributed by atoms with Gasteiger partial charge in [0.15, 0.2) is 5.78 Å². The summed E-state index contributed by atoms with van der Waals surface area (Å²) in [4.78, 5) is 21.6. The van der Waals surface area contributed by atoms with Crippen molar-refractivity contribution in [2.24, 2.45) is 0 Å². The fourth-order valence-electron chi connectivity index (χ4n) is 0.919. The van der Waals surface area contributed by atoms with Gasteiger partial charge in [-0.3, -0.25) is 4.79 Å². The fourth-order valence-corrected chi connectivity index (χ4v) is 0.919. The number of allylic oxidation sites excluding steroid dienone is 2. The smallest absolute Gasteiger partial charge is 0.155 e. The van der Waals surface area contributed by atoms with E-state index in [4.69, 9.17) is 0 Å². The van der Waals surface area contributed by atoms with Gasteiger partial charge in [-0.05, 0) is 19.4 Å². The second-order valence-electron chi connectivity index (χ2n) is 3.21. The van der Waals surface area contributed by atoms with Crippen LogP contribution in [-0.4, -0.2) is 11.6 Å². The molecule has 0 fully saturated rings. The molecule has 0 heterocycles. The molecule has 2 nitrogen and oxygen atoms in total. The van der Waals surface area contributed by atoms with E-state index in [-0.39, 0.29) is 11.6 Å². The molecule has 0 saturated carbocycles. The third kappa shape index (κ3) is 8.99. The molecule has 0 aliphatic carbocycles. The monoisotopic (exact) mass is 182 g/mol. The Bertz CT molecular complexity index is 192. The van der Waals surface area contributed by atoms with Crippen molar-refractivity contribution in [3.8, 4) is 0 Å². The van der Waals surface area contributed by atoms with E-state index in [1.54, 1.807) is 6.08 Å². The van der Waals surface area contributed by atoms with Crippen LogP contribution >= 0.6 is 0 Å². The molecule has 0 spiro atoms. The van der Waals surface area contributed by atoms with Gasteiger partial charge in [0, 0.05) is 12.8 Å². The van der Waals surface area contributed by atoms with Crippen LogP contribution in [0, 0.1) is 0 Å². The van der Waals surface area contributed by atoms with Crippen LogP contribution in [0.25, 0.3) is 0 Å². The second-order valence-corrected chi connectivity index (χ2v) is 3.21. The zero-order valence-corrected chi connectivity index (χ0v) is 8.51. The SMILES string of the molecule is CCCC/C=C/C(=O)CCC(C)=O. The van der Waals surface area contributed by atoms with E-state index in [1.807, 2.05) is 6.08 Å². The molecule has 0 N–H and O–H groups in total. The third-order valence-corrected chi connectivity index (χ3v) is 1.75. The minimum Gasteiger partial charge on any atom is -0.300 e. The van der Waals surface area contributed by atoms with Crippen LogP contribution in [-0.2, 0) is 9.59 Å². The largest absolute Gasteiger partial charge is 0.300 e. The van der Waals surface area contributed by atoms with Crippen molar-refractivity contribution >= 4 is 11.6 Å². The molecule has 0 aromatic heterocycles. The van der Waals surface area contributed by atoms with Gasteiger partial charge in [-0.15, -0.1) is 0 Å². The van der Waals surface area contributed by atoms with E-state index in [1.165, 1.54) is 6.92 Å². The van der Waals surface area contributed by atoms with Crippen LogP contribution < -0.4 is 0 Å². The lowest BCUT2D eigenvalue weighted by molar-refractivity contribution is -0.120. The molecular formula is C11H18O2. The van der Waals surface area contributed by atoms with Gasteiger partial charge >= 0.3 is 0 Å². The Balaban J connectivity index is 3.49. The normalized spacial score (nSPS) is 10.6. The molecule has 74 valence electrons. The van der Waals surface area contributed by atoms with E-state index in [0.717, 1.165) is 19.3 Å². The molecule has 13 heavy (non-hydrogen) atoms. The predicted octanol–water partition coefficient (Wildman–Crippen LogP) is 2.67. The molecule has 0 rings (SSSR count). The predicted molar refractivity (Wildman–Crippen MR) is 53.6 cm³/mol. The van der Waals surface area contributed by atoms with E-state index in [9.17, 15) is 9.59 Å². The topological polar surface area (TPSA) is 34.1 Å². The van der Waals surface area contributed by atoms with Crippen molar-refractivity contribution in [1.29, 1.82) is 0 Å². The van der Waals surface area contributed by atoms with Crippen LogP contribution in [0.3, 0.4) is 0 Å². The van der Waals surface area contributed by atoms with Gasteiger partial charge in [-0.1, -0.05) is 25.8 Å². The van der Waals surface area contributed by atoms with Gasteiger partial charge in [-0.25, -0.2) is 0 Å². The van der Waals surface area contributed by atoms with Crippen LogP contribution in [0.2, 0.25) is 0 Å². The Labute approximate surface area is 80.0 Å². The maximum atomic E-state index is 11.1. The number of hydrogen-bond donors (Lipinski definition) is 0. The molecule has 0 saturated heterocycles. The molecule has 0 aromatic carbocycles. The quantitative estimate of drug-likeness (QED) is 0.448. The first-order chi connectivity index (χ1) is 6.16. The highest BCUT2D eigenvalue weighted by atomic mass is 16.1. The van der Waals surface area contributed by atoms with Crippen LogP contribution in [0.15, 0.2) is 12.2 Å². The van der Waals surface area contributed by atoms with E-state index in [0.29, 0.717) is 12.8 Å². The summed E-state index contributed by atoms with van der Waals surface area (Å²) < 4.78 is 0. The summed E-state index contributed by atoms with van der Waals surface area (Å²) in [6.45, 7) is 3.62. The number of rotatable bonds is 7. The molecule has 0 atom stereocenters. The van der Waals surface area contributed by atoms with Gasteiger partial charge < -0.3 is 4.79 Å². The molecule has 0 aliphatic rings. The average molecular weight is 182 g/mol. The summed E-state index contributed by atoms with van der Waals surface area (Å²) >= 11 is 0. The molecule has 2 heteroatoms. The zero-order chi connectivity index (χ0) is 10.1. The first-order valence-corrected chi connectivity index (χ1v) is 4.85. The molecule has 0 bridgehead atoms. The van der Waals surface area contributed by atoms with Crippen molar-refractivity contribution in [2.45, 2.75) is 46.0 Å². The number of Topliss-reactive ketones (excluding diaryl/α,β-unsaturated/α-hetero) is 1. The van der Waals surface area contributed by atoms with Crippen molar-refractivity contribution < 1.29 is 9.59 Å². The highest BCUT2D eigenvalue weighted by Crippen LogP contribution is 1.98. The van der Waals surface area contributed by atoms with E-state index in [2.05, 4.69) is 6.92 Å². The van der Waals surface area contributed by atoms with E-state index >= 15 is 0 Å². The number of carbonyl (C=O) groups excluding carboxylic acids is 2. The van der Waals surface area contributed by atoms with E-state index < -0.39 is 0 Å². The summed E-state index contributed by atoms with van der Waals surface area (Å²) in [5.74, 6) is 0.140. The van der Waals surface area contributed by atoms with Gasteiger partial charge in [-0.2, -0.15) is 0 Å². The Morgan fingerprint density at radius 2 is 1.92 bits per heavy atom. The second kappa shape index (κ2) is 7.71. The Morgan fingerprint density at radius 3 is 2.46 bits per heavy atom. The fraction of sp³-hybridized carbons (Fsp3) is 0.636. The Kier molecular flexibility index (Phi) is 7.17. The maximum absolute atomic E-state index is 11.1. The average Bonchev–Trinajstić information content (AvgIpc) is 2.09. The van der Waals surface area contributed by atoms with Gasteiger partial charge in [0.25, 0.3) is 0 Å². The summed E-state index contributed by atoms with van der Waals surface area (Å²) in [6.07, 6.45) is 7.45. The first-order valence-electron chi connectivity index (χ1n) is 4.85. The summed E-state index contributed by atoms with van der Waals surface area (Å²) in [5, 5.41) is 0. The lowest BCUT2D eigenvalue weighted by atomic mass is 10.1. The highest BCUT2D eigenvalue weighted by molar-refractivity contribution is 5.92. The van der Waals surface area contributed by atoms with Crippen molar-refractivity contribution in [1.82, 2.24) is 0 Å². The number of ketones is 2. The van der Waals surface area contributed by atoms with Crippen molar-refractivity contribution in [2.75, 3.05) is 0 Å². The summed E-state index contributed by atoms with van der Waals surface area (Å²) in [5.41, 5.74) is 0. The summed E-state index contributed by atoms with van der Waals surface area (Å²) in [6, 6.07) is 0. The van der Waals surface area contributed by atoms with Crippen molar-refractivity contribution in [3.05, 3.63) is 12.2 Å². The lowest BCUT2D eigenvalue weighted by Crippen LogP contribution is -1.97. The van der Waals surface area contributed by atoms with Crippen LogP contribution in [0.5, 0.6) is 0 Å². The number of hydrogen-bond acceptors (Lipinski definition) is 2.